The first-order valence-electron chi connectivity index (χ1n) is 9.78. The zero-order valence-electron chi connectivity index (χ0n) is 15.8. The Kier molecular flexibility index (Phi) is 4.78. The Bertz CT molecular complexity index is 773. The first kappa shape index (κ1) is 17.2. The number of hydrogen-bond acceptors (Lipinski definition) is 4. The van der Waals surface area contributed by atoms with Crippen LogP contribution in [-0.4, -0.2) is 48.2 Å². The van der Waals surface area contributed by atoms with E-state index in [-0.39, 0.29) is 11.8 Å². The lowest BCUT2D eigenvalue weighted by Crippen LogP contribution is -2.42. The van der Waals surface area contributed by atoms with Crippen molar-refractivity contribution in [2.45, 2.75) is 57.9 Å². The predicted octanol–water partition coefficient (Wildman–Crippen LogP) is 2.26. The molecule has 2 aromatic rings. The van der Waals surface area contributed by atoms with Crippen LogP contribution in [-0.2, 0) is 18.4 Å². The van der Waals surface area contributed by atoms with Crippen LogP contribution in [0.4, 0.5) is 0 Å². The highest BCUT2D eigenvalue weighted by Gasteiger charge is 2.32. The Morgan fingerprint density at radius 3 is 2.73 bits per heavy atom. The Hall–Kier alpha value is -2.18. The normalized spacial score (nSPS) is 21.5. The van der Waals surface area contributed by atoms with Crippen molar-refractivity contribution in [1.29, 1.82) is 0 Å². The zero-order chi connectivity index (χ0) is 18.1. The number of rotatable bonds is 4. The molecule has 2 fully saturated rings. The molecule has 1 atom stereocenters. The topological polar surface area (TPSA) is 68.8 Å². The minimum atomic E-state index is 0.257. The van der Waals surface area contributed by atoms with Crippen LogP contribution < -0.4 is 0 Å². The Morgan fingerprint density at radius 2 is 2.00 bits per heavy atom. The third-order valence-electron chi connectivity index (χ3n) is 6.04. The summed E-state index contributed by atoms with van der Waals surface area (Å²) in [6.07, 6.45) is 10.4. The number of aromatic nitrogens is 5. The Labute approximate surface area is 154 Å². The molecule has 1 saturated heterocycles. The first-order valence-corrected chi connectivity index (χ1v) is 9.78. The van der Waals surface area contributed by atoms with Crippen molar-refractivity contribution in [2.24, 2.45) is 13.0 Å². The number of hydrogen-bond donors (Lipinski definition) is 0. The highest BCUT2D eigenvalue weighted by atomic mass is 16.2. The summed E-state index contributed by atoms with van der Waals surface area (Å²) in [4.78, 5) is 19.1. The van der Waals surface area contributed by atoms with E-state index in [1.165, 1.54) is 12.8 Å². The molecule has 1 unspecified atom stereocenters. The summed E-state index contributed by atoms with van der Waals surface area (Å²) in [5, 5.41) is 8.90. The highest BCUT2D eigenvalue weighted by Crippen LogP contribution is 2.31. The SMILES string of the molecule is Cc1nccn1Cc1nnc(C2CCCN(C(=O)C3CCCC3)C2)n1C. The summed E-state index contributed by atoms with van der Waals surface area (Å²) in [6.45, 7) is 4.34. The molecule has 0 bridgehead atoms. The molecule has 0 aromatic carbocycles. The van der Waals surface area contributed by atoms with Gasteiger partial charge in [0.15, 0.2) is 5.82 Å². The molecule has 1 amide bonds. The van der Waals surface area contributed by atoms with E-state index in [4.69, 9.17) is 0 Å². The number of nitrogens with zero attached hydrogens (tertiary/aromatic N) is 6. The van der Waals surface area contributed by atoms with Crippen LogP contribution >= 0.6 is 0 Å². The highest BCUT2D eigenvalue weighted by molar-refractivity contribution is 5.79. The molecule has 4 rings (SSSR count). The van der Waals surface area contributed by atoms with Crippen LogP contribution in [0.3, 0.4) is 0 Å². The molecule has 26 heavy (non-hydrogen) atoms. The Morgan fingerprint density at radius 1 is 1.19 bits per heavy atom. The van der Waals surface area contributed by atoms with E-state index in [1.54, 1.807) is 6.20 Å². The second-order valence-corrected chi connectivity index (χ2v) is 7.74. The molecule has 1 aliphatic carbocycles. The van der Waals surface area contributed by atoms with E-state index in [9.17, 15) is 4.79 Å². The van der Waals surface area contributed by atoms with E-state index >= 15 is 0 Å². The van der Waals surface area contributed by atoms with Crippen LogP contribution in [0.2, 0.25) is 0 Å². The minimum Gasteiger partial charge on any atom is -0.342 e. The number of aryl methyl sites for hydroxylation is 1. The van der Waals surface area contributed by atoms with Gasteiger partial charge >= 0.3 is 0 Å². The van der Waals surface area contributed by atoms with Crippen molar-refractivity contribution in [3.8, 4) is 0 Å². The summed E-state index contributed by atoms with van der Waals surface area (Å²) < 4.78 is 4.18. The number of imidazole rings is 1. The van der Waals surface area contributed by atoms with Crippen LogP contribution in [0.15, 0.2) is 12.4 Å². The smallest absolute Gasteiger partial charge is 0.225 e. The molecule has 7 heteroatoms. The number of likely N-dealkylation sites (tertiary alicyclic amines) is 1. The van der Waals surface area contributed by atoms with Gasteiger partial charge < -0.3 is 14.0 Å². The van der Waals surface area contributed by atoms with E-state index in [0.717, 1.165) is 56.2 Å². The summed E-state index contributed by atoms with van der Waals surface area (Å²) >= 11 is 0. The average Bonchev–Trinajstić information content (AvgIpc) is 3.39. The van der Waals surface area contributed by atoms with Crippen LogP contribution in [0.25, 0.3) is 0 Å². The summed E-state index contributed by atoms with van der Waals surface area (Å²) in [7, 11) is 2.04. The molecule has 1 saturated carbocycles. The average molecular weight is 356 g/mol. The summed E-state index contributed by atoms with van der Waals surface area (Å²) in [5.74, 6) is 3.81. The molecule has 3 heterocycles. The molecule has 0 radical (unpaired) electrons. The number of carbonyl (C=O) groups is 1. The molecule has 1 aliphatic heterocycles. The summed E-state index contributed by atoms with van der Waals surface area (Å²) in [6, 6.07) is 0. The lowest BCUT2D eigenvalue weighted by molar-refractivity contribution is -0.136. The van der Waals surface area contributed by atoms with Gasteiger partial charge in [0.25, 0.3) is 0 Å². The Balaban J connectivity index is 1.47. The molecule has 2 aliphatic rings. The zero-order valence-corrected chi connectivity index (χ0v) is 15.8. The second kappa shape index (κ2) is 7.21. The fraction of sp³-hybridized carbons (Fsp3) is 0.684. The van der Waals surface area contributed by atoms with Crippen molar-refractivity contribution in [3.63, 3.8) is 0 Å². The van der Waals surface area contributed by atoms with Gasteiger partial charge in [0.2, 0.25) is 5.91 Å². The van der Waals surface area contributed by atoms with Crippen molar-refractivity contribution < 1.29 is 4.79 Å². The third kappa shape index (κ3) is 3.27. The molecule has 7 nitrogen and oxygen atoms in total. The maximum atomic E-state index is 12.8. The van der Waals surface area contributed by atoms with E-state index < -0.39 is 0 Å². The van der Waals surface area contributed by atoms with Gasteiger partial charge in [-0.3, -0.25) is 4.79 Å². The monoisotopic (exact) mass is 356 g/mol. The van der Waals surface area contributed by atoms with Gasteiger partial charge in [0.05, 0.1) is 6.54 Å². The van der Waals surface area contributed by atoms with Gasteiger partial charge in [-0.15, -0.1) is 10.2 Å². The largest absolute Gasteiger partial charge is 0.342 e. The molecule has 0 N–H and O–H groups in total. The van der Waals surface area contributed by atoms with Gasteiger partial charge in [0.1, 0.15) is 11.6 Å². The molecule has 2 aromatic heterocycles. The van der Waals surface area contributed by atoms with Crippen LogP contribution in [0.5, 0.6) is 0 Å². The maximum absolute atomic E-state index is 12.8. The maximum Gasteiger partial charge on any atom is 0.225 e. The fourth-order valence-corrected chi connectivity index (χ4v) is 4.41. The summed E-state index contributed by atoms with van der Waals surface area (Å²) in [5.41, 5.74) is 0. The van der Waals surface area contributed by atoms with Crippen LogP contribution in [0.1, 0.15) is 61.9 Å². The quantitative estimate of drug-likeness (QED) is 0.843. The van der Waals surface area contributed by atoms with Crippen LogP contribution in [0, 0.1) is 12.8 Å². The number of carbonyl (C=O) groups excluding carboxylic acids is 1. The standard InChI is InChI=1S/C19H28N6O/c1-14-20-9-11-24(14)13-17-21-22-18(23(17)2)16-8-5-10-25(12-16)19(26)15-6-3-4-7-15/h9,11,15-16H,3-8,10,12-13H2,1-2H3. The minimum absolute atomic E-state index is 0.257. The molecule has 0 spiro atoms. The van der Waals surface area contributed by atoms with Gasteiger partial charge in [-0.25, -0.2) is 4.98 Å². The van der Waals surface area contributed by atoms with Crippen molar-refractivity contribution in [2.75, 3.05) is 13.1 Å². The molecule has 140 valence electrons. The number of piperidine rings is 1. The lowest BCUT2D eigenvalue weighted by atomic mass is 9.95. The van der Waals surface area contributed by atoms with E-state index in [2.05, 4.69) is 29.2 Å². The fourth-order valence-electron chi connectivity index (χ4n) is 4.41. The van der Waals surface area contributed by atoms with Crippen molar-refractivity contribution >= 4 is 5.91 Å². The first-order chi connectivity index (χ1) is 12.6. The van der Waals surface area contributed by atoms with Gasteiger partial charge in [0, 0.05) is 44.4 Å². The van der Waals surface area contributed by atoms with Gasteiger partial charge in [-0.05, 0) is 32.6 Å². The second-order valence-electron chi connectivity index (χ2n) is 7.74. The van der Waals surface area contributed by atoms with E-state index in [0.29, 0.717) is 12.5 Å². The molecular formula is C19H28N6O. The number of amides is 1. The predicted molar refractivity (Wildman–Crippen MR) is 97.6 cm³/mol. The van der Waals surface area contributed by atoms with Gasteiger partial charge in [-0.1, -0.05) is 12.8 Å². The van der Waals surface area contributed by atoms with Gasteiger partial charge in [-0.2, -0.15) is 0 Å². The molecular weight excluding hydrogens is 328 g/mol. The van der Waals surface area contributed by atoms with Crippen molar-refractivity contribution in [3.05, 3.63) is 29.9 Å². The van der Waals surface area contributed by atoms with Crippen molar-refractivity contribution in [1.82, 2.24) is 29.2 Å². The van der Waals surface area contributed by atoms with E-state index in [1.807, 2.05) is 20.2 Å². The lowest BCUT2D eigenvalue weighted by Gasteiger charge is -2.34. The third-order valence-corrected chi connectivity index (χ3v) is 6.04.